The van der Waals surface area contributed by atoms with E-state index in [0.29, 0.717) is 6.08 Å². The molecule has 0 atom stereocenters. The summed E-state index contributed by atoms with van der Waals surface area (Å²) in [5, 5.41) is 18.1. The number of carbonyl (C=O) groups excluding carboxylic acids is 1. The summed E-state index contributed by atoms with van der Waals surface area (Å²) in [6.07, 6.45) is 0.597. The Labute approximate surface area is 112 Å². The molecule has 1 heterocycles. The molecule has 20 heavy (non-hydrogen) atoms. The summed E-state index contributed by atoms with van der Waals surface area (Å²) in [5.41, 5.74) is -0.675. The highest BCUT2D eigenvalue weighted by atomic mass is 32.2. The van der Waals surface area contributed by atoms with Crippen molar-refractivity contribution in [1.82, 2.24) is 0 Å². The predicted octanol–water partition coefficient (Wildman–Crippen LogP) is 0.0505. The van der Waals surface area contributed by atoms with Gasteiger partial charge in [0, 0.05) is 6.08 Å². The molecule has 0 radical (unpaired) electrons. The van der Waals surface area contributed by atoms with E-state index in [1.54, 1.807) is 0 Å². The number of para-hydroxylation sites is 2. The lowest BCUT2D eigenvalue weighted by Crippen LogP contribution is -2.17. The fourth-order valence-electron chi connectivity index (χ4n) is 1.37. The Hall–Kier alpha value is -2.68. The molecule has 0 aromatic heterocycles. The zero-order chi connectivity index (χ0) is 14.9. The molecule has 2 rings (SSSR count). The number of phenolic OH excluding ortho intramolecular Hbond substituents is 1. The lowest BCUT2D eigenvalue weighted by Gasteiger charge is -2.03. The number of rotatable bonds is 3. The third-order valence-corrected chi connectivity index (χ3v) is 3.54. The van der Waals surface area contributed by atoms with Crippen molar-refractivity contribution in [2.45, 2.75) is 0 Å². The zero-order valence-electron chi connectivity index (χ0n) is 9.68. The summed E-state index contributed by atoms with van der Waals surface area (Å²) in [6.45, 7) is 0. The van der Waals surface area contributed by atoms with Crippen LogP contribution in [0.5, 0.6) is 11.5 Å². The largest absolute Gasteiger partial charge is 0.504 e. The topological polar surface area (TPSA) is 130 Å². The molecule has 0 spiro atoms. The van der Waals surface area contributed by atoms with Crippen LogP contribution in [-0.4, -0.2) is 36.3 Å². The Morgan fingerprint density at radius 3 is 2.40 bits per heavy atom. The molecular weight excluding hydrogens is 290 g/mol. The molecule has 2 N–H and O–H groups in total. The number of benzene rings is 1. The van der Waals surface area contributed by atoms with Gasteiger partial charge in [-0.15, -0.1) is 0 Å². The minimum absolute atomic E-state index is 0.199. The lowest BCUT2D eigenvalue weighted by molar-refractivity contribution is -0.131. The number of esters is 1. The summed E-state index contributed by atoms with van der Waals surface area (Å²) in [4.78, 5) is 21.3. The Balaban J connectivity index is 2.29. The maximum Gasteiger partial charge on any atom is 0.363 e. The summed E-state index contributed by atoms with van der Waals surface area (Å²) in [5.74, 6) is -3.44. The molecule has 0 saturated heterocycles. The SMILES string of the molecule is O=C(O)C1=CC(C(=O)Oc2ccccc2O)=NS1(=O)=O. The number of nitrogens with zero attached hydrogens (tertiary/aromatic N) is 1. The smallest absolute Gasteiger partial charge is 0.363 e. The van der Waals surface area contributed by atoms with Gasteiger partial charge in [-0.2, -0.15) is 12.8 Å². The number of carbonyl (C=O) groups is 2. The van der Waals surface area contributed by atoms with Gasteiger partial charge in [0.05, 0.1) is 0 Å². The maximum absolute atomic E-state index is 11.7. The van der Waals surface area contributed by atoms with Gasteiger partial charge in [0.15, 0.2) is 22.1 Å². The molecule has 0 bridgehead atoms. The third kappa shape index (κ3) is 2.52. The van der Waals surface area contributed by atoms with E-state index in [1.807, 2.05) is 0 Å². The lowest BCUT2D eigenvalue weighted by atomic mass is 10.3. The highest BCUT2D eigenvalue weighted by Crippen LogP contribution is 2.25. The number of carboxylic acid groups (broad SMARTS) is 1. The quantitative estimate of drug-likeness (QED) is 0.595. The monoisotopic (exact) mass is 297 g/mol. The van der Waals surface area contributed by atoms with Crippen molar-refractivity contribution >= 4 is 27.7 Å². The van der Waals surface area contributed by atoms with Crippen molar-refractivity contribution in [2.24, 2.45) is 4.40 Å². The van der Waals surface area contributed by atoms with E-state index in [2.05, 4.69) is 4.40 Å². The highest BCUT2D eigenvalue weighted by Gasteiger charge is 2.33. The summed E-state index contributed by atoms with van der Waals surface area (Å²) in [7, 11) is -4.40. The van der Waals surface area contributed by atoms with Crippen LogP contribution in [-0.2, 0) is 19.6 Å². The van der Waals surface area contributed by atoms with Gasteiger partial charge in [-0.25, -0.2) is 9.59 Å². The molecule has 0 saturated carbocycles. The number of phenols is 1. The van der Waals surface area contributed by atoms with Crippen LogP contribution in [0.15, 0.2) is 39.6 Å². The third-order valence-electron chi connectivity index (χ3n) is 2.25. The van der Waals surface area contributed by atoms with Crippen LogP contribution in [0.4, 0.5) is 0 Å². The molecule has 9 heteroatoms. The van der Waals surface area contributed by atoms with Crippen LogP contribution in [0.25, 0.3) is 0 Å². The zero-order valence-corrected chi connectivity index (χ0v) is 10.5. The second-order valence-corrected chi connectivity index (χ2v) is 5.20. The minimum atomic E-state index is -4.40. The van der Waals surface area contributed by atoms with Gasteiger partial charge >= 0.3 is 11.9 Å². The van der Waals surface area contributed by atoms with E-state index in [-0.39, 0.29) is 11.5 Å². The van der Waals surface area contributed by atoms with Crippen LogP contribution >= 0.6 is 0 Å². The number of sulfonamides is 1. The first-order chi connectivity index (χ1) is 9.31. The normalized spacial score (nSPS) is 16.2. The standard InChI is InChI=1S/C11H7NO7S/c13-7-3-1-2-4-8(7)19-11(16)6-5-9(10(14)15)20(17,18)12-6/h1-5,13H,(H,14,15). The van der Waals surface area contributed by atoms with Crippen molar-refractivity contribution in [3.05, 3.63) is 35.2 Å². The number of aliphatic carboxylic acids is 1. The molecule has 104 valence electrons. The predicted molar refractivity (Wildman–Crippen MR) is 65.8 cm³/mol. The molecule has 0 fully saturated rings. The molecule has 1 aliphatic heterocycles. The molecule has 1 aliphatic rings. The van der Waals surface area contributed by atoms with Gasteiger partial charge in [0.1, 0.15) is 0 Å². The van der Waals surface area contributed by atoms with Crippen molar-refractivity contribution in [3.63, 3.8) is 0 Å². The molecule has 0 unspecified atom stereocenters. The average Bonchev–Trinajstić information content (AvgIpc) is 2.68. The van der Waals surface area contributed by atoms with Crippen LogP contribution in [0.2, 0.25) is 0 Å². The van der Waals surface area contributed by atoms with Gasteiger partial charge in [0.2, 0.25) is 0 Å². The molecule has 1 aromatic carbocycles. The first-order valence-electron chi connectivity index (χ1n) is 5.11. The summed E-state index contributed by atoms with van der Waals surface area (Å²) < 4.78 is 30.4. The Morgan fingerprint density at radius 2 is 1.85 bits per heavy atom. The Morgan fingerprint density at radius 1 is 1.20 bits per heavy atom. The van der Waals surface area contributed by atoms with E-state index in [4.69, 9.17) is 9.84 Å². The van der Waals surface area contributed by atoms with E-state index in [1.165, 1.54) is 24.3 Å². The first kappa shape index (κ1) is 13.7. The number of hydrogen-bond donors (Lipinski definition) is 2. The second-order valence-electron chi connectivity index (χ2n) is 3.62. The van der Waals surface area contributed by atoms with Crippen LogP contribution < -0.4 is 4.74 Å². The van der Waals surface area contributed by atoms with E-state index in [9.17, 15) is 23.1 Å². The van der Waals surface area contributed by atoms with Crippen molar-refractivity contribution < 1.29 is 33.0 Å². The fraction of sp³-hybridized carbons (Fsp3) is 0. The summed E-state index contributed by atoms with van der Waals surface area (Å²) in [6, 6.07) is 5.51. The van der Waals surface area contributed by atoms with Gasteiger partial charge < -0.3 is 14.9 Å². The van der Waals surface area contributed by atoms with Crippen LogP contribution in [0.3, 0.4) is 0 Å². The highest BCUT2D eigenvalue weighted by molar-refractivity contribution is 7.95. The van der Waals surface area contributed by atoms with E-state index >= 15 is 0 Å². The van der Waals surface area contributed by atoms with Crippen LogP contribution in [0.1, 0.15) is 0 Å². The van der Waals surface area contributed by atoms with Crippen molar-refractivity contribution in [3.8, 4) is 11.5 Å². The Kier molecular flexibility index (Phi) is 3.28. The van der Waals surface area contributed by atoms with Gasteiger partial charge in [-0.1, -0.05) is 12.1 Å². The maximum atomic E-state index is 11.7. The molecule has 0 aliphatic carbocycles. The number of carboxylic acids is 1. The molecule has 0 amide bonds. The minimum Gasteiger partial charge on any atom is -0.504 e. The summed E-state index contributed by atoms with van der Waals surface area (Å²) >= 11 is 0. The molecule has 1 aromatic rings. The van der Waals surface area contributed by atoms with Crippen molar-refractivity contribution in [1.29, 1.82) is 0 Å². The van der Waals surface area contributed by atoms with Gasteiger partial charge in [-0.3, -0.25) is 0 Å². The number of hydrogen-bond acceptors (Lipinski definition) is 6. The average molecular weight is 297 g/mol. The molecular formula is C11H7NO7S. The molecule has 8 nitrogen and oxygen atoms in total. The van der Waals surface area contributed by atoms with Gasteiger partial charge in [0.25, 0.3) is 10.0 Å². The van der Waals surface area contributed by atoms with Gasteiger partial charge in [-0.05, 0) is 12.1 Å². The first-order valence-corrected chi connectivity index (χ1v) is 6.55. The van der Waals surface area contributed by atoms with Crippen molar-refractivity contribution in [2.75, 3.05) is 0 Å². The van der Waals surface area contributed by atoms with E-state index in [0.717, 1.165) is 0 Å². The van der Waals surface area contributed by atoms with E-state index < -0.39 is 32.6 Å². The Bertz CT molecular complexity index is 761. The fourth-order valence-corrected chi connectivity index (χ4v) is 2.33. The second kappa shape index (κ2) is 4.78. The number of ether oxygens (including phenoxy) is 1. The van der Waals surface area contributed by atoms with Crippen LogP contribution in [0, 0.1) is 0 Å². The number of aromatic hydroxyl groups is 1.